The number of rotatable bonds is 5. The van der Waals surface area contributed by atoms with Crippen molar-refractivity contribution >= 4 is 6.08 Å². The van der Waals surface area contributed by atoms with E-state index in [9.17, 15) is 0 Å². The van der Waals surface area contributed by atoms with Crippen molar-refractivity contribution in [1.82, 2.24) is 0 Å². The lowest BCUT2D eigenvalue weighted by Crippen LogP contribution is -1.94. The smallest absolute Gasteiger partial charge is 0.119 e. The highest BCUT2D eigenvalue weighted by Gasteiger charge is 1.95. The molecule has 0 bridgehead atoms. The summed E-state index contributed by atoms with van der Waals surface area (Å²) in [5, 5.41) is 0. The third-order valence-corrected chi connectivity index (χ3v) is 2.67. The van der Waals surface area contributed by atoms with Crippen LogP contribution in [0.1, 0.15) is 24.5 Å². The second kappa shape index (κ2) is 6.65. The second-order valence-electron chi connectivity index (χ2n) is 4.15. The van der Waals surface area contributed by atoms with Gasteiger partial charge < -0.3 is 4.74 Å². The van der Waals surface area contributed by atoms with Gasteiger partial charge in [0.1, 0.15) is 12.4 Å². The molecule has 0 saturated carbocycles. The van der Waals surface area contributed by atoms with E-state index in [-0.39, 0.29) is 0 Å². The number of ether oxygens (including phenoxy) is 1. The molecule has 1 nitrogen and oxygen atoms in total. The molecule has 0 aliphatic heterocycles. The van der Waals surface area contributed by atoms with Crippen LogP contribution in [0, 0.1) is 0 Å². The van der Waals surface area contributed by atoms with Gasteiger partial charge in [-0.2, -0.15) is 0 Å². The van der Waals surface area contributed by atoms with Crippen molar-refractivity contribution in [3.8, 4) is 5.75 Å². The molecule has 0 saturated heterocycles. The fourth-order valence-electron chi connectivity index (χ4n) is 1.67. The molecule has 92 valence electrons. The fourth-order valence-corrected chi connectivity index (χ4v) is 1.67. The Kier molecular flexibility index (Phi) is 4.60. The summed E-state index contributed by atoms with van der Waals surface area (Å²) in [6.45, 7) is 2.75. The van der Waals surface area contributed by atoms with Crippen LogP contribution in [0.5, 0.6) is 5.75 Å². The van der Waals surface area contributed by atoms with Crippen LogP contribution in [0.2, 0.25) is 0 Å². The van der Waals surface area contributed by atoms with Crippen molar-refractivity contribution < 1.29 is 4.74 Å². The summed E-state index contributed by atoms with van der Waals surface area (Å²) < 4.78 is 5.73. The standard InChI is InChI=1S/C17H18O/c1-2-3-7-15-10-12-17(13-11-15)18-14-16-8-5-4-6-9-16/h3-13H,2,14H2,1H3/b7-3+. The first-order valence-electron chi connectivity index (χ1n) is 6.32. The molecular formula is C17H18O. The summed E-state index contributed by atoms with van der Waals surface area (Å²) in [6, 6.07) is 18.4. The predicted molar refractivity (Wildman–Crippen MR) is 76.5 cm³/mol. The summed E-state index contributed by atoms with van der Waals surface area (Å²) in [5.74, 6) is 0.910. The van der Waals surface area contributed by atoms with Gasteiger partial charge in [0.2, 0.25) is 0 Å². The average molecular weight is 238 g/mol. The molecule has 0 fully saturated rings. The molecule has 1 heteroatoms. The Labute approximate surface area is 109 Å². The van der Waals surface area contributed by atoms with Gasteiger partial charge in [-0.3, -0.25) is 0 Å². The Morgan fingerprint density at radius 1 is 0.944 bits per heavy atom. The molecule has 0 N–H and O–H groups in total. The lowest BCUT2D eigenvalue weighted by Gasteiger charge is -2.06. The van der Waals surface area contributed by atoms with Gasteiger partial charge in [0.05, 0.1) is 0 Å². The molecule has 0 radical (unpaired) electrons. The Morgan fingerprint density at radius 3 is 2.33 bits per heavy atom. The molecule has 0 atom stereocenters. The second-order valence-corrected chi connectivity index (χ2v) is 4.15. The monoisotopic (exact) mass is 238 g/mol. The summed E-state index contributed by atoms with van der Waals surface area (Å²) in [6.07, 6.45) is 5.34. The molecule has 18 heavy (non-hydrogen) atoms. The van der Waals surface area contributed by atoms with Crippen molar-refractivity contribution in [3.63, 3.8) is 0 Å². The minimum absolute atomic E-state index is 0.616. The van der Waals surface area contributed by atoms with E-state index in [2.05, 4.69) is 43.3 Å². The number of hydrogen-bond donors (Lipinski definition) is 0. The van der Waals surface area contributed by atoms with E-state index in [0.29, 0.717) is 6.61 Å². The molecule has 2 rings (SSSR count). The van der Waals surface area contributed by atoms with E-state index in [1.165, 1.54) is 11.1 Å². The van der Waals surface area contributed by atoms with Gasteiger partial charge in [-0.25, -0.2) is 0 Å². The van der Waals surface area contributed by atoms with Crippen LogP contribution in [0.25, 0.3) is 6.08 Å². The van der Waals surface area contributed by atoms with Crippen LogP contribution < -0.4 is 4.74 Å². The van der Waals surface area contributed by atoms with E-state index < -0.39 is 0 Å². The third-order valence-electron chi connectivity index (χ3n) is 2.67. The van der Waals surface area contributed by atoms with Crippen LogP contribution in [-0.2, 0) is 6.61 Å². The highest BCUT2D eigenvalue weighted by molar-refractivity contribution is 5.50. The zero-order valence-electron chi connectivity index (χ0n) is 10.7. The quantitative estimate of drug-likeness (QED) is 0.734. The lowest BCUT2D eigenvalue weighted by molar-refractivity contribution is 0.306. The molecule has 0 unspecified atom stereocenters. The third kappa shape index (κ3) is 3.77. The summed E-state index contributed by atoms with van der Waals surface area (Å²) in [5.41, 5.74) is 2.40. The van der Waals surface area contributed by atoms with Crippen LogP contribution in [0.3, 0.4) is 0 Å². The molecule has 0 spiro atoms. The van der Waals surface area contributed by atoms with Gasteiger partial charge in [-0.05, 0) is 29.7 Å². The first kappa shape index (κ1) is 12.4. The van der Waals surface area contributed by atoms with Crippen molar-refractivity contribution in [1.29, 1.82) is 0 Å². The normalized spacial score (nSPS) is 10.7. The molecule has 0 heterocycles. The van der Waals surface area contributed by atoms with Crippen molar-refractivity contribution in [2.24, 2.45) is 0 Å². The van der Waals surface area contributed by atoms with E-state index in [1.807, 2.05) is 30.3 Å². The predicted octanol–water partition coefficient (Wildman–Crippen LogP) is 4.69. The van der Waals surface area contributed by atoms with Gasteiger partial charge >= 0.3 is 0 Å². The number of benzene rings is 2. The Morgan fingerprint density at radius 2 is 1.67 bits per heavy atom. The number of allylic oxidation sites excluding steroid dienone is 1. The minimum atomic E-state index is 0.616. The number of hydrogen-bond acceptors (Lipinski definition) is 1. The van der Waals surface area contributed by atoms with Crippen molar-refractivity contribution in [3.05, 3.63) is 71.8 Å². The van der Waals surface area contributed by atoms with Gasteiger partial charge in [0, 0.05) is 0 Å². The SMILES string of the molecule is CC/C=C/c1ccc(OCc2ccccc2)cc1. The molecular weight excluding hydrogens is 220 g/mol. The van der Waals surface area contributed by atoms with Crippen LogP contribution >= 0.6 is 0 Å². The van der Waals surface area contributed by atoms with Gasteiger partial charge in [0.15, 0.2) is 0 Å². The Bertz CT molecular complexity index is 483. The van der Waals surface area contributed by atoms with Crippen molar-refractivity contribution in [2.75, 3.05) is 0 Å². The average Bonchev–Trinajstić information content (AvgIpc) is 2.45. The zero-order valence-corrected chi connectivity index (χ0v) is 10.7. The fraction of sp³-hybridized carbons (Fsp3) is 0.176. The first-order valence-corrected chi connectivity index (χ1v) is 6.32. The Balaban J connectivity index is 1.92. The molecule has 0 amide bonds. The van der Waals surface area contributed by atoms with E-state index in [0.717, 1.165) is 12.2 Å². The summed E-state index contributed by atoms with van der Waals surface area (Å²) in [7, 11) is 0. The molecule has 0 aliphatic rings. The largest absolute Gasteiger partial charge is 0.489 e. The minimum Gasteiger partial charge on any atom is -0.489 e. The van der Waals surface area contributed by atoms with Gasteiger partial charge in [-0.15, -0.1) is 0 Å². The molecule has 2 aromatic rings. The first-order chi connectivity index (χ1) is 8.88. The lowest BCUT2D eigenvalue weighted by atomic mass is 10.2. The van der Waals surface area contributed by atoms with Gasteiger partial charge in [-0.1, -0.05) is 61.5 Å². The molecule has 0 aliphatic carbocycles. The highest BCUT2D eigenvalue weighted by atomic mass is 16.5. The zero-order chi connectivity index (χ0) is 12.6. The Hall–Kier alpha value is -2.02. The van der Waals surface area contributed by atoms with Crippen LogP contribution in [0.4, 0.5) is 0 Å². The maximum Gasteiger partial charge on any atom is 0.119 e. The summed E-state index contributed by atoms with van der Waals surface area (Å²) in [4.78, 5) is 0. The van der Waals surface area contributed by atoms with E-state index in [1.54, 1.807) is 0 Å². The van der Waals surface area contributed by atoms with E-state index in [4.69, 9.17) is 4.74 Å². The topological polar surface area (TPSA) is 9.23 Å². The highest BCUT2D eigenvalue weighted by Crippen LogP contribution is 2.15. The maximum atomic E-state index is 5.73. The molecule has 2 aromatic carbocycles. The van der Waals surface area contributed by atoms with Crippen molar-refractivity contribution in [2.45, 2.75) is 20.0 Å². The molecule has 0 aromatic heterocycles. The van der Waals surface area contributed by atoms with Crippen LogP contribution in [-0.4, -0.2) is 0 Å². The van der Waals surface area contributed by atoms with E-state index >= 15 is 0 Å². The van der Waals surface area contributed by atoms with Gasteiger partial charge in [0.25, 0.3) is 0 Å². The summed E-state index contributed by atoms with van der Waals surface area (Å²) >= 11 is 0. The van der Waals surface area contributed by atoms with Crippen LogP contribution in [0.15, 0.2) is 60.7 Å². The maximum absolute atomic E-state index is 5.73.